The molecule has 5 nitrogen and oxygen atoms in total. The van der Waals surface area contributed by atoms with Crippen LogP contribution in [0, 0.1) is 0 Å². The summed E-state index contributed by atoms with van der Waals surface area (Å²) < 4.78 is 0. The van der Waals surface area contributed by atoms with E-state index in [1.54, 1.807) is 6.20 Å². The molecule has 0 saturated heterocycles. The summed E-state index contributed by atoms with van der Waals surface area (Å²) in [6.45, 7) is 2.85. The maximum absolute atomic E-state index is 13.5. The molecular weight excluding hydrogens is 370 g/mol. The van der Waals surface area contributed by atoms with Gasteiger partial charge in [-0.1, -0.05) is 50.8 Å². The summed E-state index contributed by atoms with van der Waals surface area (Å²) >= 11 is 1.42. The first kappa shape index (κ1) is 19.1. The molecular formula is C22H27N3O2S. The van der Waals surface area contributed by atoms with Crippen molar-refractivity contribution in [2.24, 2.45) is 0 Å². The number of aromatic nitrogens is 1. The van der Waals surface area contributed by atoms with Crippen molar-refractivity contribution in [2.75, 3.05) is 11.9 Å². The van der Waals surface area contributed by atoms with E-state index in [1.807, 2.05) is 34.5 Å². The van der Waals surface area contributed by atoms with Crippen LogP contribution in [-0.4, -0.2) is 33.8 Å². The van der Waals surface area contributed by atoms with Gasteiger partial charge in [-0.25, -0.2) is 4.98 Å². The quantitative estimate of drug-likeness (QED) is 0.786. The van der Waals surface area contributed by atoms with Crippen molar-refractivity contribution >= 4 is 28.3 Å². The monoisotopic (exact) mass is 397 g/mol. The molecule has 1 atom stereocenters. The van der Waals surface area contributed by atoms with Crippen LogP contribution in [-0.2, 0) is 4.79 Å². The van der Waals surface area contributed by atoms with Gasteiger partial charge in [-0.15, -0.1) is 11.3 Å². The van der Waals surface area contributed by atoms with Crippen LogP contribution >= 0.6 is 11.3 Å². The van der Waals surface area contributed by atoms with Gasteiger partial charge in [-0.2, -0.15) is 0 Å². The molecule has 1 saturated carbocycles. The molecule has 1 aromatic carbocycles. The van der Waals surface area contributed by atoms with E-state index in [1.165, 1.54) is 17.8 Å². The van der Waals surface area contributed by atoms with E-state index in [-0.39, 0.29) is 17.7 Å². The van der Waals surface area contributed by atoms with Gasteiger partial charge in [-0.3, -0.25) is 9.59 Å². The third kappa shape index (κ3) is 3.24. The zero-order valence-electron chi connectivity index (χ0n) is 16.3. The van der Waals surface area contributed by atoms with Crippen molar-refractivity contribution in [1.82, 2.24) is 9.88 Å². The average molecular weight is 398 g/mol. The van der Waals surface area contributed by atoms with E-state index in [4.69, 9.17) is 0 Å². The summed E-state index contributed by atoms with van der Waals surface area (Å²) in [5.41, 5.74) is 1.12. The zero-order chi connectivity index (χ0) is 19.6. The second-order valence-electron chi connectivity index (χ2n) is 7.82. The van der Waals surface area contributed by atoms with Crippen LogP contribution in [0.15, 0.2) is 35.8 Å². The molecule has 1 spiro atoms. The number of nitrogens with one attached hydrogen (secondary N) is 1. The Morgan fingerprint density at radius 3 is 2.79 bits per heavy atom. The van der Waals surface area contributed by atoms with Crippen LogP contribution in [0.1, 0.15) is 73.7 Å². The number of hydrogen-bond acceptors (Lipinski definition) is 4. The van der Waals surface area contributed by atoms with Crippen molar-refractivity contribution < 1.29 is 9.59 Å². The van der Waals surface area contributed by atoms with E-state index in [0.717, 1.165) is 44.1 Å². The van der Waals surface area contributed by atoms with Gasteiger partial charge in [0.2, 0.25) is 5.91 Å². The molecule has 1 aliphatic heterocycles. The zero-order valence-corrected chi connectivity index (χ0v) is 17.1. The highest BCUT2D eigenvalue weighted by Crippen LogP contribution is 2.49. The predicted octanol–water partition coefficient (Wildman–Crippen LogP) is 4.82. The third-order valence-corrected chi connectivity index (χ3v) is 6.89. The highest BCUT2D eigenvalue weighted by atomic mass is 32.1. The summed E-state index contributed by atoms with van der Waals surface area (Å²) in [6, 6.07) is 7.67. The molecule has 2 aromatic rings. The molecule has 6 heteroatoms. The van der Waals surface area contributed by atoms with Gasteiger partial charge in [-0.05, 0) is 30.9 Å². The maximum atomic E-state index is 13.5. The van der Waals surface area contributed by atoms with Crippen LogP contribution in [0.25, 0.3) is 0 Å². The topological polar surface area (TPSA) is 62.3 Å². The first-order valence-electron chi connectivity index (χ1n) is 10.3. The Labute approximate surface area is 170 Å². The van der Waals surface area contributed by atoms with Gasteiger partial charge in [0.1, 0.15) is 0 Å². The van der Waals surface area contributed by atoms with Crippen molar-refractivity contribution in [3.63, 3.8) is 0 Å². The standard InChI is InChI=1S/C22H27N3O2S/c1-2-3-14-25-20(27)17-10-6-5-9-16(17)18(22(25)11-7-4-8-12-22)19(26)24-21-23-13-15-28-21/h5-6,9-10,13,15,18H,2-4,7-8,11-12,14H2,1H3,(H,23,24,26). The molecule has 4 rings (SSSR count). The smallest absolute Gasteiger partial charge is 0.254 e. The van der Waals surface area contributed by atoms with Crippen molar-refractivity contribution in [2.45, 2.75) is 63.3 Å². The molecule has 148 valence electrons. The van der Waals surface area contributed by atoms with E-state index in [0.29, 0.717) is 17.2 Å². The van der Waals surface area contributed by atoms with E-state index in [2.05, 4.69) is 17.2 Å². The highest BCUT2D eigenvalue weighted by Gasteiger charge is 2.54. The van der Waals surface area contributed by atoms with Gasteiger partial charge >= 0.3 is 0 Å². The van der Waals surface area contributed by atoms with Crippen LogP contribution in [0.5, 0.6) is 0 Å². The van der Waals surface area contributed by atoms with Gasteiger partial charge in [0.05, 0.1) is 11.5 Å². The fourth-order valence-electron chi connectivity index (χ4n) is 4.95. The average Bonchev–Trinajstić information content (AvgIpc) is 3.22. The Balaban J connectivity index is 1.81. The minimum Gasteiger partial charge on any atom is -0.332 e. The molecule has 0 bridgehead atoms. The Bertz CT molecular complexity index is 843. The Morgan fingerprint density at radius 2 is 2.07 bits per heavy atom. The molecule has 1 aliphatic carbocycles. The third-order valence-electron chi connectivity index (χ3n) is 6.20. The highest BCUT2D eigenvalue weighted by molar-refractivity contribution is 7.13. The normalized spacial score (nSPS) is 20.8. The second kappa shape index (κ2) is 8.03. The second-order valence-corrected chi connectivity index (χ2v) is 8.72. The lowest BCUT2D eigenvalue weighted by Crippen LogP contribution is -2.62. The number of anilines is 1. The number of carbonyl (C=O) groups is 2. The van der Waals surface area contributed by atoms with Crippen molar-refractivity contribution in [1.29, 1.82) is 0 Å². The SMILES string of the molecule is CCCCN1C(=O)c2ccccc2C(C(=O)Nc2nccs2)C12CCCCC2. The number of unbranched alkanes of at least 4 members (excludes halogenated alkanes) is 1. The van der Waals surface area contributed by atoms with Gasteiger partial charge in [0, 0.05) is 23.7 Å². The number of thiazole rings is 1. The molecule has 0 radical (unpaired) electrons. The first-order chi connectivity index (χ1) is 13.7. The fraction of sp³-hybridized carbons (Fsp3) is 0.500. The molecule has 2 aliphatic rings. The maximum Gasteiger partial charge on any atom is 0.254 e. The van der Waals surface area contributed by atoms with Crippen LogP contribution in [0.2, 0.25) is 0 Å². The molecule has 28 heavy (non-hydrogen) atoms. The predicted molar refractivity (Wildman–Crippen MR) is 112 cm³/mol. The van der Waals surface area contributed by atoms with E-state index >= 15 is 0 Å². The van der Waals surface area contributed by atoms with Gasteiger partial charge in [0.25, 0.3) is 5.91 Å². The number of amides is 2. The van der Waals surface area contributed by atoms with Crippen molar-refractivity contribution in [3.05, 3.63) is 47.0 Å². The molecule has 2 amide bonds. The number of hydrogen-bond donors (Lipinski definition) is 1. The molecule has 1 N–H and O–H groups in total. The molecule has 1 unspecified atom stereocenters. The Hall–Kier alpha value is -2.21. The van der Waals surface area contributed by atoms with Crippen LogP contribution in [0.4, 0.5) is 5.13 Å². The minimum absolute atomic E-state index is 0.0432. The lowest BCUT2D eigenvalue weighted by Gasteiger charge is -2.53. The van der Waals surface area contributed by atoms with E-state index < -0.39 is 5.54 Å². The number of rotatable bonds is 5. The number of benzene rings is 1. The number of carbonyl (C=O) groups excluding carboxylic acids is 2. The minimum atomic E-state index is -0.430. The molecule has 2 heterocycles. The summed E-state index contributed by atoms with van der Waals surface area (Å²) in [5, 5.41) is 5.50. The molecule has 1 aromatic heterocycles. The largest absolute Gasteiger partial charge is 0.332 e. The van der Waals surface area contributed by atoms with Crippen molar-refractivity contribution in [3.8, 4) is 0 Å². The van der Waals surface area contributed by atoms with E-state index in [9.17, 15) is 9.59 Å². The lowest BCUT2D eigenvalue weighted by atomic mass is 9.65. The number of fused-ring (bicyclic) bond motifs is 1. The lowest BCUT2D eigenvalue weighted by molar-refractivity contribution is -0.122. The first-order valence-corrected chi connectivity index (χ1v) is 11.2. The number of nitrogens with zero attached hydrogens (tertiary/aromatic N) is 2. The summed E-state index contributed by atoms with van der Waals surface area (Å²) in [7, 11) is 0. The summed E-state index contributed by atoms with van der Waals surface area (Å²) in [6.07, 6.45) is 8.72. The van der Waals surface area contributed by atoms with Gasteiger partial charge < -0.3 is 10.2 Å². The van der Waals surface area contributed by atoms with Crippen LogP contribution < -0.4 is 5.32 Å². The Kier molecular flexibility index (Phi) is 5.49. The Morgan fingerprint density at radius 1 is 1.29 bits per heavy atom. The fourth-order valence-corrected chi connectivity index (χ4v) is 5.48. The van der Waals surface area contributed by atoms with Gasteiger partial charge in [0.15, 0.2) is 5.13 Å². The van der Waals surface area contributed by atoms with Crippen LogP contribution in [0.3, 0.4) is 0 Å². The summed E-state index contributed by atoms with van der Waals surface area (Å²) in [4.78, 5) is 33.3. The molecule has 1 fully saturated rings. The summed E-state index contributed by atoms with van der Waals surface area (Å²) in [5.74, 6) is -0.315.